The normalized spacial score (nSPS) is 24.7. The predicted molar refractivity (Wildman–Crippen MR) is 101 cm³/mol. The summed E-state index contributed by atoms with van der Waals surface area (Å²) in [6.07, 6.45) is 6.08. The number of aromatic nitrogens is 2. The molecule has 1 saturated heterocycles. The minimum Gasteiger partial charge on any atom is -0.480 e. The van der Waals surface area contributed by atoms with Crippen molar-refractivity contribution in [2.75, 3.05) is 0 Å². The third-order valence-corrected chi connectivity index (χ3v) is 6.25. The highest BCUT2D eigenvalue weighted by Crippen LogP contribution is 2.40. The maximum atomic E-state index is 13.3. The highest BCUT2D eigenvalue weighted by atomic mass is 35.5. The van der Waals surface area contributed by atoms with E-state index in [0.717, 1.165) is 25.7 Å². The topological polar surface area (TPSA) is 75.4 Å². The third kappa shape index (κ3) is 3.02. The van der Waals surface area contributed by atoms with E-state index in [1.807, 2.05) is 25.1 Å². The number of likely N-dealkylation sites (tertiary alicyclic amines) is 1. The predicted octanol–water partition coefficient (Wildman–Crippen LogP) is 3.69. The molecule has 2 aromatic rings. The number of para-hydroxylation sites is 1. The van der Waals surface area contributed by atoms with Gasteiger partial charge in [0, 0.05) is 6.04 Å². The minimum atomic E-state index is -0.922. The van der Waals surface area contributed by atoms with Crippen LogP contribution in [-0.2, 0) is 4.79 Å². The van der Waals surface area contributed by atoms with E-state index in [2.05, 4.69) is 5.10 Å². The summed E-state index contributed by atoms with van der Waals surface area (Å²) in [5.41, 5.74) is 1.80. The first-order chi connectivity index (χ1) is 13.0. The van der Waals surface area contributed by atoms with E-state index in [1.165, 1.54) is 6.20 Å². The van der Waals surface area contributed by atoms with Crippen LogP contribution in [0.15, 0.2) is 30.5 Å². The van der Waals surface area contributed by atoms with Crippen molar-refractivity contribution >= 4 is 23.5 Å². The van der Waals surface area contributed by atoms with Gasteiger partial charge >= 0.3 is 5.97 Å². The Morgan fingerprint density at radius 3 is 2.70 bits per heavy atom. The van der Waals surface area contributed by atoms with Gasteiger partial charge in [0.05, 0.1) is 28.2 Å². The molecule has 2 aliphatic rings. The molecule has 27 heavy (non-hydrogen) atoms. The molecule has 1 aliphatic carbocycles. The van der Waals surface area contributed by atoms with Gasteiger partial charge in [-0.15, -0.1) is 0 Å². The van der Waals surface area contributed by atoms with Gasteiger partial charge in [-0.3, -0.25) is 4.79 Å². The van der Waals surface area contributed by atoms with Crippen molar-refractivity contribution in [1.82, 2.24) is 14.7 Å². The molecule has 0 bridgehead atoms. The second-order valence-corrected chi connectivity index (χ2v) is 7.83. The fraction of sp³-hybridized carbons (Fsp3) is 0.450. The minimum absolute atomic E-state index is 0.00964. The van der Waals surface area contributed by atoms with Crippen molar-refractivity contribution in [2.45, 2.75) is 51.1 Å². The molecule has 1 aromatic carbocycles. The molecule has 3 atom stereocenters. The zero-order chi connectivity index (χ0) is 19.1. The Hall–Kier alpha value is -2.34. The number of hydrogen-bond acceptors (Lipinski definition) is 3. The van der Waals surface area contributed by atoms with E-state index in [-0.39, 0.29) is 17.9 Å². The first-order valence-corrected chi connectivity index (χ1v) is 9.72. The number of carbonyl (C=O) groups excluding carboxylic acids is 1. The molecule has 1 amide bonds. The number of fused-ring (bicyclic) bond motifs is 1. The Kier molecular flexibility index (Phi) is 4.68. The Labute approximate surface area is 162 Å². The van der Waals surface area contributed by atoms with Crippen LogP contribution in [0.25, 0.3) is 5.69 Å². The zero-order valence-corrected chi connectivity index (χ0v) is 15.9. The standard InChI is InChI=1S/C20H22ClN3O3/c1-12-14(11-22-24(12)17-9-5-3-7-15(17)21)19(25)23-16-8-4-2-6-13(16)10-18(23)20(26)27/h3,5,7,9,11,13,16,18H,2,4,6,8,10H2,1H3,(H,26,27). The van der Waals surface area contributed by atoms with Gasteiger partial charge in [0.15, 0.2) is 0 Å². The number of amides is 1. The highest BCUT2D eigenvalue weighted by molar-refractivity contribution is 6.32. The van der Waals surface area contributed by atoms with Crippen LogP contribution in [0.5, 0.6) is 0 Å². The average Bonchev–Trinajstić information content (AvgIpc) is 3.23. The Morgan fingerprint density at radius 2 is 1.96 bits per heavy atom. The lowest BCUT2D eigenvalue weighted by Crippen LogP contribution is -2.46. The van der Waals surface area contributed by atoms with Gasteiger partial charge in [0.25, 0.3) is 5.91 Å². The van der Waals surface area contributed by atoms with Crippen LogP contribution in [0, 0.1) is 12.8 Å². The Balaban J connectivity index is 1.70. The van der Waals surface area contributed by atoms with E-state index in [0.29, 0.717) is 28.4 Å². The molecular weight excluding hydrogens is 366 g/mol. The van der Waals surface area contributed by atoms with Crippen molar-refractivity contribution in [2.24, 2.45) is 5.92 Å². The number of rotatable bonds is 3. The maximum Gasteiger partial charge on any atom is 0.326 e. The first-order valence-electron chi connectivity index (χ1n) is 9.34. The van der Waals surface area contributed by atoms with Crippen molar-refractivity contribution < 1.29 is 14.7 Å². The summed E-state index contributed by atoms with van der Waals surface area (Å²) in [4.78, 5) is 26.8. The number of aliphatic carboxylic acids is 1. The van der Waals surface area contributed by atoms with Crippen molar-refractivity contribution in [3.05, 3.63) is 46.7 Å². The van der Waals surface area contributed by atoms with E-state index in [1.54, 1.807) is 15.6 Å². The fourth-order valence-electron chi connectivity index (χ4n) is 4.60. The summed E-state index contributed by atoms with van der Waals surface area (Å²) in [6.45, 7) is 1.81. The Bertz CT molecular complexity index is 894. The summed E-state index contributed by atoms with van der Waals surface area (Å²) in [7, 11) is 0. The summed E-state index contributed by atoms with van der Waals surface area (Å²) < 4.78 is 1.64. The first kappa shape index (κ1) is 18.0. The summed E-state index contributed by atoms with van der Waals surface area (Å²) in [6, 6.07) is 6.56. The van der Waals surface area contributed by atoms with Gasteiger partial charge < -0.3 is 10.0 Å². The average molecular weight is 388 g/mol. The number of carboxylic acid groups (broad SMARTS) is 1. The Morgan fingerprint density at radius 1 is 1.22 bits per heavy atom. The number of carbonyl (C=O) groups is 2. The van der Waals surface area contributed by atoms with Crippen LogP contribution in [0.1, 0.15) is 48.2 Å². The molecule has 3 unspecified atom stereocenters. The van der Waals surface area contributed by atoms with Gasteiger partial charge in [0.2, 0.25) is 0 Å². The van der Waals surface area contributed by atoms with Crippen LogP contribution in [0.2, 0.25) is 5.02 Å². The van der Waals surface area contributed by atoms with E-state index >= 15 is 0 Å². The summed E-state index contributed by atoms with van der Waals surface area (Å²) in [5.74, 6) is -0.885. The lowest BCUT2D eigenvalue weighted by molar-refractivity contribution is -0.141. The molecule has 1 N–H and O–H groups in total. The zero-order valence-electron chi connectivity index (χ0n) is 15.1. The SMILES string of the molecule is Cc1c(C(=O)N2C(C(=O)O)CC3CCCCC32)cnn1-c1ccccc1Cl. The van der Waals surface area contributed by atoms with Gasteiger partial charge in [-0.2, -0.15) is 5.10 Å². The lowest BCUT2D eigenvalue weighted by atomic mass is 9.84. The van der Waals surface area contributed by atoms with Crippen LogP contribution in [-0.4, -0.2) is 43.7 Å². The van der Waals surface area contributed by atoms with Gasteiger partial charge in [-0.25, -0.2) is 9.48 Å². The number of hydrogen-bond donors (Lipinski definition) is 1. The highest BCUT2D eigenvalue weighted by Gasteiger charge is 2.48. The largest absolute Gasteiger partial charge is 0.480 e. The van der Waals surface area contributed by atoms with Crippen LogP contribution in [0.3, 0.4) is 0 Å². The van der Waals surface area contributed by atoms with E-state index in [9.17, 15) is 14.7 Å². The molecule has 2 fully saturated rings. The van der Waals surface area contributed by atoms with Crippen LogP contribution in [0.4, 0.5) is 0 Å². The molecule has 7 heteroatoms. The summed E-state index contributed by atoms with van der Waals surface area (Å²) >= 11 is 6.27. The molecule has 142 valence electrons. The van der Waals surface area contributed by atoms with Crippen molar-refractivity contribution in [1.29, 1.82) is 0 Å². The van der Waals surface area contributed by atoms with E-state index < -0.39 is 12.0 Å². The monoisotopic (exact) mass is 387 g/mol. The molecule has 6 nitrogen and oxygen atoms in total. The maximum absolute atomic E-state index is 13.3. The van der Waals surface area contributed by atoms with E-state index in [4.69, 9.17) is 11.6 Å². The molecule has 4 rings (SSSR count). The molecular formula is C20H22ClN3O3. The van der Waals surface area contributed by atoms with Gasteiger partial charge in [-0.05, 0) is 44.2 Å². The molecule has 1 saturated carbocycles. The fourth-order valence-corrected chi connectivity index (χ4v) is 4.81. The van der Waals surface area contributed by atoms with Crippen molar-refractivity contribution in [3.63, 3.8) is 0 Å². The number of nitrogens with zero attached hydrogens (tertiary/aromatic N) is 3. The molecule has 1 aliphatic heterocycles. The second-order valence-electron chi connectivity index (χ2n) is 7.42. The van der Waals surface area contributed by atoms with Gasteiger partial charge in [0.1, 0.15) is 6.04 Å². The molecule has 0 spiro atoms. The molecule has 0 radical (unpaired) electrons. The quantitative estimate of drug-likeness (QED) is 0.871. The molecule has 1 aromatic heterocycles. The number of carboxylic acids is 1. The third-order valence-electron chi connectivity index (χ3n) is 5.93. The van der Waals surface area contributed by atoms with Crippen molar-refractivity contribution in [3.8, 4) is 5.69 Å². The lowest BCUT2D eigenvalue weighted by Gasteiger charge is -2.32. The molecule has 2 heterocycles. The van der Waals surface area contributed by atoms with Crippen LogP contribution >= 0.6 is 11.6 Å². The smallest absolute Gasteiger partial charge is 0.326 e. The number of benzene rings is 1. The summed E-state index contributed by atoms with van der Waals surface area (Å²) in [5, 5.41) is 14.6. The second kappa shape index (κ2) is 7.00. The van der Waals surface area contributed by atoms with Crippen LogP contribution < -0.4 is 0 Å². The van der Waals surface area contributed by atoms with Gasteiger partial charge in [-0.1, -0.05) is 36.6 Å². The number of halogens is 1.